The number of hydrogen-bond donors (Lipinski definition) is 1. The minimum Gasteiger partial charge on any atom is -0.371 e. The summed E-state index contributed by atoms with van der Waals surface area (Å²) in [7, 11) is -3.72. The molecule has 0 spiro atoms. The van der Waals surface area contributed by atoms with Crippen LogP contribution in [0.5, 0.6) is 0 Å². The lowest BCUT2D eigenvalue weighted by Crippen LogP contribution is -2.57. The normalized spacial score (nSPS) is 19.2. The number of hydrogen-bond acceptors (Lipinski definition) is 6. The number of anilines is 1. The highest BCUT2D eigenvalue weighted by Gasteiger charge is 2.42. The van der Waals surface area contributed by atoms with E-state index in [2.05, 4.69) is 15.2 Å². The number of aromatic nitrogens is 1. The predicted molar refractivity (Wildman–Crippen MR) is 134 cm³/mol. The van der Waals surface area contributed by atoms with Gasteiger partial charge >= 0.3 is 0 Å². The summed E-state index contributed by atoms with van der Waals surface area (Å²) in [6, 6.07) is 14.6. The van der Waals surface area contributed by atoms with E-state index in [4.69, 9.17) is 11.6 Å². The number of pyridine rings is 1. The van der Waals surface area contributed by atoms with Gasteiger partial charge in [0.05, 0.1) is 11.4 Å². The van der Waals surface area contributed by atoms with Gasteiger partial charge in [0, 0.05) is 49.3 Å². The number of rotatable bonds is 5. The molecule has 0 saturated carbocycles. The van der Waals surface area contributed by atoms with Gasteiger partial charge in [0.1, 0.15) is 5.37 Å². The van der Waals surface area contributed by atoms with Gasteiger partial charge < -0.3 is 10.2 Å². The number of fused-ring (bicyclic) bond motifs is 1. The van der Waals surface area contributed by atoms with Crippen LogP contribution < -0.4 is 10.2 Å². The topological polar surface area (TPSA) is 82.6 Å². The standard InChI is InChI=1S/C25H27ClN4O3S/c26-21-3-1-20-16-23(4-2-19(20)15-21)34(32,33)25(30-14-11-28-24(31)17-30)18-7-12-29(13-8-18)22-5-9-27-10-6-22/h1-6,9-10,15-16,18,25H,7-8,11-14,17H2,(H,28,31). The van der Waals surface area contributed by atoms with Gasteiger partial charge in [-0.05, 0) is 65.9 Å². The van der Waals surface area contributed by atoms with Crippen LogP contribution in [-0.2, 0) is 14.6 Å². The molecule has 7 nitrogen and oxygen atoms in total. The lowest BCUT2D eigenvalue weighted by Gasteiger charge is -2.42. The van der Waals surface area contributed by atoms with Crippen LogP contribution >= 0.6 is 11.6 Å². The molecule has 2 aliphatic rings. The van der Waals surface area contributed by atoms with Gasteiger partial charge in [0.15, 0.2) is 9.84 Å². The molecule has 3 aromatic rings. The van der Waals surface area contributed by atoms with Crippen LogP contribution in [0, 0.1) is 5.92 Å². The summed E-state index contributed by atoms with van der Waals surface area (Å²) in [6.45, 7) is 2.59. The Kier molecular flexibility index (Phi) is 6.46. The molecule has 2 fully saturated rings. The van der Waals surface area contributed by atoms with E-state index in [0.29, 0.717) is 18.1 Å². The van der Waals surface area contributed by atoms with Gasteiger partial charge in [-0.3, -0.25) is 14.7 Å². The highest BCUT2D eigenvalue weighted by Crippen LogP contribution is 2.34. The Morgan fingerprint density at radius 1 is 0.971 bits per heavy atom. The Bertz CT molecular complexity index is 1290. The van der Waals surface area contributed by atoms with E-state index in [-0.39, 0.29) is 23.3 Å². The van der Waals surface area contributed by atoms with Crippen molar-refractivity contribution in [2.75, 3.05) is 37.6 Å². The molecule has 2 saturated heterocycles. The van der Waals surface area contributed by atoms with Crippen molar-refractivity contribution in [3.8, 4) is 0 Å². The molecule has 1 amide bonds. The number of nitrogens with zero attached hydrogens (tertiary/aromatic N) is 3. The van der Waals surface area contributed by atoms with Crippen molar-refractivity contribution in [1.29, 1.82) is 0 Å². The van der Waals surface area contributed by atoms with Crippen LogP contribution in [0.25, 0.3) is 10.8 Å². The SMILES string of the molecule is O=C1CN(C(C2CCN(c3ccncc3)CC2)S(=O)(=O)c2ccc3cc(Cl)ccc3c2)CCN1. The third-order valence-electron chi connectivity index (χ3n) is 6.82. The van der Waals surface area contributed by atoms with Crippen LogP contribution in [0.3, 0.4) is 0 Å². The molecule has 0 bridgehead atoms. The van der Waals surface area contributed by atoms with Crippen molar-refractivity contribution >= 4 is 43.8 Å². The van der Waals surface area contributed by atoms with E-state index >= 15 is 0 Å². The van der Waals surface area contributed by atoms with Gasteiger partial charge in [0.2, 0.25) is 5.91 Å². The third kappa shape index (κ3) is 4.62. The smallest absolute Gasteiger partial charge is 0.234 e. The fraction of sp³-hybridized carbons (Fsp3) is 0.360. The second-order valence-corrected chi connectivity index (χ2v) is 11.4. The van der Waals surface area contributed by atoms with Gasteiger partial charge in [-0.15, -0.1) is 0 Å². The van der Waals surface area contributed by atoms with Crippen molar-refractivity contribution < 1.29 is 13.2 Å². The molecular formula is C25H27ClN4O3S. The summed E-state index contributed by atoms with van der Waals surface area (Å²) in [5.74, 6) is -0.205. The largest absolute Gasteiger partial charge is 0.371 e. The number of sulfone groups is 1. The number of benzene rings is 2. The average Bonchev–Trinajstić information content (AvgIpc) is 2.85. The summed E-state index contributed by atoms with van der Waals surface area (Å²) < 4.78 is 28.2. The lowest BCUT2D eigenvalue weighted by atomic mass is 9.95. The van der Waals surface area contributed by atoms with Crippen LogP contribution in [-0.4, -0.2) is 62.3 Å². The Labute approximate surface area is 204 Å². The second kappa shape index (κ2) is 9.52. The molecular weight excluding hydrogens is 472 g/mol. The summed E-state index contributed by atoms with van der Waals surface area (Å²) in [5.41, 5.74) is 1.10. The number of piperazine rings is 1. The van der Waals surface area contributed by atoms with E-state index < -0.39 is 15.2 Å². The number of nitrogens with one attached hydrogen (secondary N) is 1. The molecule has 0 radical (unpaired) electrons. The maximum atomic E-state index is 14.1. The van der Waals surface area contributed by atoms with Crippen LogP contribution in [0.2, 0.25) is 5.02 Å². The maximum absolute atomic E-state index is 14.1. The Morgan fingerprint density at radius 3 is 2.41 bits per heavy atom. The van der Waals surface area contributed by atoms with Crippen molar-refractivity contribution in [3.63, 3.8) is 0 Å². The Hall–Kier alpha value is -2.68. The predicted octanol–water partition coefficient (Wildman–Crippen LogP) is 3.34. The first-order chi connectivity index (χ1) is 16.4. The Morgan fingerprint density at radius 2 is 1.68 bits per heavy atom. The van der Waals surface area contributed by atoms with E-state index in [1.807, 2.05) is 29.2 Å². The van der Waals surface area contributed by atoms with Crippen molar-refractivity contribution in [3.05, 3.63) is 65.9 Å². The summed E-state index contributed by atoms with van der Waals surface area (Å²) in [6.07, 6.45) is 5.00. The summed E-state index contributed by atoms with van der Waals surface area (Å²) in [4.78, 5) is 20.7. The Balaban J connectivity index is 1.46. The number of carbonyl (C=O) groups excluding carboxylic acids is 1. The van der Waals surface area contributed by atoms with E-state index in [0.717, 1.165) is 42.4 Å². The highest BCUT2D eigenvalue weighted by molar-refractivity contribution is 7.92. The minimum atomic E-state index is -3.72. The lowest BCUT2D eigenvalue weighted by molar-refractivity contribution is -0.124. The molecule has 1 unspecified atom stereocenters. The minimum absolute atomic E-state index is 0.0742. The summed E-state index contributed by atoms with van der Waals surface area (Å²) >= 11 is 6.10. The summed E-state index contributed by atoms with van der Waals surface area (Å²) in [5, 5.41) is 4.40. The van der Waals surface area contributed by atoms with Crippen LogP contribution in [0.4, 0.5) is 5.69 Å². The molecule has 3 heterocycles. The van der Waals surface area contributed by atoms with Gasteiger partial charge in [-0.1, -0.05) is 23.7 Å². The van der Waals surface area contributed by atoms with Crippen LogP contribution in [0.15, 0.2) is 65.8 Å². The molecule has 178 valence electrons. The van der Waals surface area contributed by atoms with Crippen molar-refractivity contribution in [2.45, 2.75) is 23.1 Å². The van der Waals surface area contributed by atoms with Crippen molar-refractivity contribution in [1.82, 2.24) is 15.2 Å². The molecule has 2 aromatic carbocycles. The molecule has 1 aromatic heterocycles. The molecule has 34 heavy (non-hydrogen) atoms. The third-order valence-corrected chi connectivity index (χ3v) is 9.28. The zero-order chi connectivity index (χ0) is 23.7. The first-order valence-electron chi connectivity index (χ1n) is 11.5. The monoisotopic (exact) mass is 498 g/mol. The fourth-order valence-corrected chi connectivity index (χ4v) is 7.49. The first-order valence-corrected chi connectivity index (χ1v) is 13.4. The maximum Gasteiger partial charge on any atom is 0.234 e. The molecule has 2 aliphatic heterocycles. The number of amides is 1. The van der Waals surface area contributed by atoms with E-state index in [1.165, 1.54) is 0 Å². The molecule has 1 N–H and O–H groups in total. The van der Waals surface area contributed by atoms with Gasteiger partial charge in [-0.25, -0.2) is 8.42 Å². The second-order valence-electron chi connectivity index (χ2n) is 8.94. The first kappa shape index (κ1) is 23.1. The fourth-order valence-electron chi connectivity index (χ4n) is 5.13. The van der Waals surface area contributed by atoms with E-state index in [1.54, 1.807) is 36.7 Å². The zero-order valence-corrected chi connectivity index (χ0v) is 20.3. The molecule has 1 atom stereocenters. The van der Waals surface area contributed by atoms with E-state index in [9.17, 15) is 13.2 Å². The molecule has 9 heteroatoms. The van der Waals surface area contributed by atoms with Gasteiger partial charge in [0.25, 0.3) is 0 Å². The van der Waals surface area contributed by atoms with Crippen LogP contribution in [0.1, 0.15) is 12.8 Å². The molecule has 5 rings (SSSR count). The average molecular weight is 499 g/mol. The number of carbonyl (C=O) groups is 1. The molecule has 0 aliphatic carbocycles. The number of piperidine rings is 1. The van der Waals surface area contributed by atoms with Gasteiger partial charge in [-0.2, -0.15) is 0 Å². The van der Waals surface area contributed by atoms with Crippen molar-refractivity contribution in [2.24, 2.45) is 5.92 Å². The highest BCUT2D eigenvalue weighted by atomic mass is 35.5. The zero-order valence-electron chi connectivity index (χ0n) is 18.7. The quantitative estimate of drug-likeness (QED) is 0.581. The number of halogens is 1.